The average molecular weight is 285 g/mol. The standard InChI is InChI=1S/C16H31NO3/c1-13-6-4-5-7-14(13)9-20-10-15(19)8-17-11-16(2,3)12-18/h4-5,13-15,17-19H,6-12H2,1-3H3. The van der Waals surface area contributed by atoms with Crippen LogP contribution in [0.25, 0.3) is 0 Å². The van der Waals surface area contributed by atoms with E-state index in [-0.39, 0.29) is 12.0 Å². The van der Waals surface area contributed by atoms with Crippen molar-refractivity contribution in [3.63, 3.8) is 0 Å². The van der Waals surface area contributed by atoms with Gasteiger partial charge in [0.15, 0.2) is 0 Å². The topological polar surface area (TPSA) is 61.7 Å². The monoisotopic (exact) mass is 285 g/mol. The number of aliphatic hydroxyl groups excluding tert-OH is 2. The number of rotatable bonds is 9. The predicted octanol–water partition coefficient (Wildman–Crippen LogP) is 1.57. The van der Waals surface area contributed by atoms with Crippen LogP contribution in [0.2, 0.25) is 0 Å². The summed E-state index contributed by atoms with van der Waals surface area (Å²) in [6, 6.07) is 0. The van der Waals surface area contributed by atoms with Gasteiger partial charge in [-0.05, 0) is 24.7 Å². The lowest BCUT2D eigenvalue weighted by Crippen LogP contribution is -2.38. The predicted molar refractivity (Wildman–Crippen MR) is 81.6 cm³/mol. The van der Waals surface area contributed by atoms with Crippen LogP contribution in [0.1, 0.15) is 33.6 Å². The average Bonchev–Trinajstić information content (AvgIpc) is 2.41. The van der Waals surface area contributed by atoms with E-state index in [1.54, 1.807) is 0 Å². The molecule has 20 heavy (non-hydrogen) atoms. The van der Waals surface area contributed by atoms with Crippen LogP contribution in [0.3, 0.4) is 0 Å². The first kappa shape index (κ1) is 17.6. The van der Waals surface area contributed by atoms with E-state index in [9.17, 15) is 5.11 Å². The number of nitrogens with one attached hydrogen (secondary N) is 1. The first-order chi connectivity index (χ1) is 9.44. The van der Waals surface area contributed by atoms with E-state index < -0.39 is 6.10 Å². The van der Waals surface area contributed by atoms with Crippen molar-refractivity contribution in [2.45, 2.75) is 39.7 Å². The number of ether oxygens (including phenoxy) is 1. The molecule has 0 radical (unpaired) electrons. The van der Waals surface area contributed by atoms with Crippen molar-refractivity contribution in [3.05, 3.63) is 12.2 Å². The molecule has 0 fully saturated rings. The molecule has 4 nitrogen and oxygen atoms in total. The van der Waals surface area contributed by atoms with Crippen molar-refractivity contribution in [1.29, 1.82) is 0 Å². The van der Waals surface area contributed by atoms with Gasteiger partial charge in [0.05, 0.1) is 19.3 Å². The summed E-state index contributed by atoms with van der Waals surface area (Å²) in [5, 5.41) is 22.2. The van der Waals surface area contributed by atoms with Crippen LogP contribution in [0.5, 0.6) is 0 Å². The zero-order valence-electron chi connectivity index (χ0n) is 13.1. The highest BCUT2D eigenvalue weighted by atomic mass is 16.5. The van der Waals surface area contributed by atoms with Gasteiger partial charge in [-0.15, -0.1) is 0 Å². The Bertz CT molecular complexity index is 291. The zero-order chi connectivity index (χ0) is 15.0. The molecule has 0 saturated heterocycles. The summed E-state index contributed by atoms with van der Waals surface area (Å²) < 4.78 is 5.64. The van der Waals surface area contributed by atoms with Crippen LogP contribution in [0, 0.1) is 17.3 Å². The summed E-state index contributed by atoms with van der Waals surface area (Å²) >= 11 is 0. The largest absolute Gasteiger partial charge is 0.396 e. The lowest BCUT2D eigenvalue weighted by atomic mass is 9.85. The third kappa shape index (κ3) is 6.84. The summed E-state index contributed by atoms with van der Waals surface area (Å²) in [4.78, 5) is 0. The molecule has 0 heterocycles. The zero-order valence-corrected chi connectivity index (χ0v) is 13.1. The van der Waals surface area contributed by atoms with E-state index in [0.717, 1.165) is 19.4 Å². The first-order valence-electron chi connectivity index (χ1n) is 7.67. The van der Waals surface area contributed by atoms with Gasteiger partial charge in [-0.25, -0.2) is 0 Å². The van der Waals surface area contributed by atoms with Crippen molar-refractivity contribution < 1.29 is 14.9 Å². The summed E-state index contributed by atoms with van der Waals surface area (Å²) in [7, 11) is 0. The molecule has 4 heteroatoms. The van der Waals surface area contributed by atoms with Crippen molar-refractivity contribution in [1.82, 2.24) is 5.32 Å². The Hall–Kier alpha value is -0.420. The molecule has 0 spiro atoms. The lowest BCUT2D eigenvalue weighted by Gasteiger charge is -2.26. The molecular formula is C16H31NO3. The molecular weight excluding hydrogens is 254 g/mol. The molecule has 118 valence electrons. The lowest BCUT2D eigenvalue weighted by molar-refractivity contribution is 0.0116. The van der Waals surface area contributed by atoms with Crippen molar-refractivity contribution >= 4 is 0 Å². The molecule has 0 bridgehead atoms. The van der Waals surface area contributed by atoms with Crippen LogP contribution in [0.15, 0.2) is 12.2 Å². The van der Waals surface area contributed by atoms with E-state index >= 15 is 0 Å². The normalized spacial score (nSPS) is 24.9. The summed E-state index contributed by atoms with van der Waals surface area (Å²) in [5.41, 5.74) is -0.148. The molecule has 0 saturated carbocycles. The maximum Gasteiger partial charge on any atom is 0.0897 e. The summed E-state index contributed by atoms with van der Waals surface area (Å²) in [6.45, 7) is 8.66. The quantitative estimate of drug-likeness (QED) is 0.563. The van der Waals surface area contributed by atoms with Crippen molar-refractivity contribution in [2.75, 3.05) is 32.9 Å². The molecule has 3 atom stereocenters. The van der Waals surface area contributed by atoms with Gasteiger partial charge in [-0.1, -0.05) is 32.9 Å². The number of allylic oxidation sites excluding steroid dienone is 2. The summed E-state index contributed by atoms with van der Waals surface area (Å²) in [6.07, 6.45) is 6.19. The fourth-order valence-corrected chi connectivity index (χ4v) is 2.29. The van der Waals surface area contributed by atoms with Crippen LogP contribution >= 0.6 is 0 Å². The second-order valence-electron chi connectivity index (χ2n) is 6.82. The molecule has 3 unspecified atom stereocenters. The van der Waals surface area contributed by atoms with Crippen molar-refractivity contribution in [3.8, 4) is 0 Å². The third-order valence-electron chi connectivity index (χ3n) is 3.97. The molecule has 0 aromatic rings. The van der Waals surface area contributed by atoms with Gasteiger partial charge in [0, 0.05) is 25.1 Å². The minimum atomic E-state index is -0.487. The molecule has 3 N–H and O–H groups in total. The molecule has 0 aromatic carbocycles. The number of hydrogen-bond donors (Lipinski definition) is 3. The van der Waals surface area contributed by atoms with Gasteiger partial charge in [0.25, 0.3) is 0 Å². The molecule has 1 rings (SSSR count). The van der Waals surface area contributed by atoms with E-state index in [1.807, 2.05) is 13.8 Å². The molecule has 0 aromatic heterocycles. The van der Waals surface area contributed by atoms with Crippen LogP contribution < -0.4 is 5.32 Å². The fourth-order valence-electron chi connectivity index (χ4n) is 2.29. The van der Waals surface area contributed by atoms with Gasteiger partial charge in [-0.3, -0.25) is 0 Å². The Morgan fingerprint density at radius 3 is 2.70 bits per heavy atom. The second-order valence-corrected chi connectivity index (χ2v) is 6.82. The maximum atomic E-state index is 9.85. The molecule has 0 amide bonds. The van der Waals surface area contributed by atoms with Gasteiger partial charge in [0.1, 0.15) is 0 Å². The van der Waals surface area contributed by atoms with Crippen LogP contribution in [-0.2, 0) is 4.74 Å². The van der Waals surface area contributed by atoms with E-state index in [2.05, 4.69) is 24.4 Å². The maximum absolute atomic E-state index is 9.85. The Balaban J connectivity index is 2.08. The van der Waals surface area contributed by atoms with E-state index in [4.69, 9.17) is 9.84 Å². The SMILES string of the molecule is CC1CC=CCC1COCC(O)CNCC(C)(C)CO. The Labute approximate surface area is 123 Å². The molecule has 1 aliphatic rings. The highest BCUT2D eigenvalue weighted by molar-refractivity contribution is 4.93. The van der Waals surface area contributed by atoms with Gasteiger partial charge < -0.3 is 20.3 Å². The highest BCUT2D eigenvalue weighted by Crippen LogP contribution is 2.24. The van der Waals surface area contributed by atoms with Crippen LogP contribution in [-0.4, -0.2) is 49.2 Å². The van der Waals surface area contributed by atoms with E-state index in [0.29, 0.717) is 31.5 Å². The minimum Gasteiger partial charge on any atom is -0.396 e. The second kappa shape index (κ2) is 8.78. The Kier molecular flexibility index (Phi) is 7.74. The molecule has 1 aliphatic carbocycles. The van der Waals surface area contributed by atoms with Gasteiger partial charge >= 0.3 is 0 Å². The van der Waals surface area contributed by atoms with Crippen molar-refractivity contribution in [2.24, 2.45) is 17.3 Å². The fraction of sp³-hybridized carbons (Fsp3) is 0.875. The smallest absolute Gasteiger partial charge is 0.0897 e. The number of aliphatic hydroxyl groups is 2. The van der Waals surface area contributed by atoms with Gasteiger partial charge in [0.2, 0.25) is 0 Å². The Morgan fingerprint density at radius 1 is 1.35 bits per heavy atom. The third-order valence-corrected chi connectivity index (χ3v) is 3.97. The van der Waals surface area contributed by atoms with Crippen LogP contribution in [0.4, 0.5) is 0 Å². The summed E-state index contributed by atoms with van der Waals surface area (Å²) in [5.74, 6) is 1.24. The highest BCUT2D eigenvalue weighted by Gasteiger charge is 2.19. The Morgan fingerprint density at radius 2 is 2.05 bits per heavy atom. The molecule has 0 aliphatic heterocycles. The van der Waals surface area contributed by atoms with Gasteiger partial charge in [-0.2, -0.15) is 0 Å². The van der Waals surface area contributed by atoms with E-state index in [1.165, 1.54) is 0 Å². The number of hydrogen-bond acceptors (Lipinski definition) is 4. The first-order valence-corrected chi connectivity index (χ1v) is 7.67. The minimum absolute atomic E-state index is 0.139.